The third kappa shape index (κ3) is 7.07. The van der Waals surface area contributed by atoms with Gasteiger partial charge in [-0.25, -0.2) is 0 Å². The van der Waals surface area contributed by atoms with Crippen molar-refractivity contribution in [3.8, 4) is 11.5 Å². The normalized spacial score (nSPS) is 13.8. The topological polar surface area (TPSA) is 94.1 Å². The van der Waals surface area contributed by atoms with Gasteiger partial charge in [0, 0.05) is 47.7 Å². The van der Waals surface area contributed by atoms with Crippen LogP contribution in [-0.4, -0.2) is 62.2 Å². The van der Waals surface area contributed by atoms with E-state index < -0.39 is 11.8 Å². The number of carbonyl (C=O) groups is 2. The summed E-state index contributed by atoms with van der Waals surface area (Å²) in [4.78, 5) is 30.6. The van der Waals surface area contributed by atoms with Crippen LogP contribution in [-0.2, 0) is 0 Å². The van der Waals surface area contributed by atoms with Gasteiger partial charge in [0.1, 0.15) is 11.5 Å². The molecule has 0 radical (unpaired) electrons. The zero-order valence-corrected chi connectivity index (χ0v) is 22.2. The average Bonchev–Trinajstić information content (AvgIpc) is 3.10. The summed E-state index contributed by atoms with van der Waals surface area (Å²) in [6.07, 6.45) is 1.08. The summed E-state index contributed by atoms with van der Waals surface area (Å²) in [5.74, 6) is -0.639. The van der Waals surface area contributed by atoms with Gasteiger partial charge in [0.25, 0.3) is 11.8 Å². The summed E-state index contributed by atoms with van der Waals surface area (Å²) in [5, 5.41) is 16.1. The highest BCUT2D eigenvalue weighted by atomic mass is 35.5. The maximum atomic E-state index is 13.0. The molecule has 4 rings (SSSR count). The van der Waals surface area contributed by atoms with Crippen molar-refractivity contribution < 1.29 is 19.4 Å². The molecule has 2 amide bonds. The molecule has 1 fully saturated rings. The smallest absolute Gasteiger partial charge is 0.257 e. The highest BCUT2D eigenvalue weighted by Gasteiger charge is 2.20. The third-order valence-electron chi connectivity index (χ3n) is 6.13. The van der Waals surface area contributed by atoms with Gasteiger partial charge in [-0.15, -0.1) is 12.4 Å². The number of ether oxygens (including phenoxy) is 1. The van der Waals surface area contributed by atoms with Crippen LogP contribution in [0.2, 0.25) is 5.02 Å². The number of hydrogen-bond acceptors (Lipinski definition) is 6. The Balaban J connectivity index is 0.00000380. The van der Waals surface area contributed by atoms with Crippen molar-refractivity contribution >= 4 is 52.9 Å². The molecule has 8 nitrogen and oxygen atoms in total. The van der Waals surface area contributed by atoms with Crippen LogP contribution in [0.4, 0.5) is 17.1 Å². The molecule has 0 spiro atoms. The molecular weight excluding hydrogens is 515 g/mol. The van der Waals surface area contributed by atoms with Gasteiger partial charge in [0.15, 0.2) is 0 Å². The lowest BCUT2D eigenvalue weighted by Gasteiger charge is -2.23. The number of halogens is 2. The number of aromatic hydroxyl groups is 1. The first-order valence-corrected chi connectivity index (χ1v) is 12.0. The van der Waals surface area contributed by atoms with Gasteiger partial charge >= 0.3 is 0 Å². The van der Waals surface area contributed by atoms with E-state index in [1.165, 1.54) is 12.1 Å². The average molecular weight is 545 g/mol. The summed E-state index contributed by atoms with van der Waals surface area (Å²) in [6.45, 7) is 3.93. The van der Waals surface area contributed by atoms with Gasteiger partial charge in [-0.1, -0.05) is 11.6 Å². The molecule has 3 aromatic rings. The zero-order valence-electron chi connectivity index (χ0n) is 20.7. The molecule has 3 N–H and O–H groups in total. The molecule has 0 saturated carbocycles. The first-order chi connectivity index (χ1) is 17.3. The van der Waals surface area contributed by atoms with E-state index >= 15 is 0 Å². The van der Waals surface area contributed by atoms with Gasteiger partial charge in [-0.2, -0.15) is 0 Å². The summed E-state index contributed by atoms with van der Waals surface area (Å²) in [5.41, 5.74) is 2.00. The summed E-state index contributed by atoms with van der Waals surface area (Å²) >= 11 is 6.10. The number of methoxy groups -OCH3 is 1. The predicted octanol–water partition coefficient (Wildman–Crippen LogP) is 5.12. The quantitative estimate of drug-likeness (QED) is 0.373. The van der Waals surface area contributed by atoms with Gasteiger partial charge in [0.05, 0.1) is 18.4 Å². The van der Waals surface area contributed by atoms with Gasteiger partial charge in [0.2, 0.25) is 0 Å². The lowest BCUT2D eigenvalue weighted by atomic mass is 10.1. The molecule has 1 aliphatic heterocycles. The second-order valence-electron chi connectivity index (χ2n) is 8.67. The van der Waals surface area contributed by atoms with E-state index in [4.69, 9.17) is 16.3 Å². The number of phenolic OH excluding ortho intramolecular Hbond substituents is 1. The van der Waals surface area contributed by atoms with E-state index in [1.807, 2.05) is 12.1 Å². The van der Waals surface area contributed by atoms with Crippen molar-refractivity contribution in [3.63, 3.8) is 0 Å². The van der Waals surface area contributed by atoms with Crippen molar-refractivity contribution in [1.82, 2.24) is 4.90 Å². The minimum Gasteiger partial charge on any atom is -0.506 e. The van der Waals surface area contributed by atoms with Crippen LogP contribution in [0.15, 0.2) is 60.7 Å². The standard InChI is InChI=1S/C27H29ClN4O4.ClH/c1-31-12-3-13-32(15-14-31)21-8-4-18(5-9-21)26(34)30-25-23(16-19(28)17-24(25)33)27(35)29-20-6-10-22(36-2)11-7-20;/h4-11,16-17,33H,3,12-15H2,1-2H3,(H,29,35)(H,30,34);1H. The van der Waals surface area contributed by atoms with Crippen LogP contribution >= 0.6 is 24.0 Å². The maximum Gasteiger partial charge on any atom is 0.257 e. The van der Waals surface area contributed by atoms with Gasteiger partial charge in [-0.05, 0) is 74.6 Å². The number of carbonyl (C=O) groups excluding carboxylic acids is 2. The Labute approximate surface area is 227 Å². The fourth-order valence-corrected chi connectivity index (χ4v) is 4.30. The molecule has 0 aromatic heterocycles. The van der Waals surface area contributed by atoms with Crippen LogP contribution in [0.1, 0.15) is 27.1 Å². The van der Waals surface area contributed by atoms with E-state index in [0.717, 1.165) is 38.3 Å². The Kier molecular flexibility index (Phi) is 9.63. The first-order valence-electron chi connectivity index (χ1n) is 11.7. The minimum absolute atomic E-state index is 0. The highest BCUT2D eigenvalue weighted by molar-refractivity contribution is 6.31. The molecule has 10 heteroatoms. The summed E-state index contributed by atoms with van der Waals surface area (Å²) in [6, 6.07) is 16.8. The molecule has 0 unspecified atom stereocenters. The number of nitrogens with one attached hydrogen (secondary N) is 2. The zero-order chi connectivity index (χ0) is 25.7. The van der Waals surface area contributed by atoms with Crippen molar-refractivity contribution in [3.05, 3.63) is 76.8 Å². The second kappa shape index (κ2) is 12.7. The number of likely N-dealkylation sites (N-methyl/N-ethyl adjacent to an activating group) is 1. The molecule has 0 bridgehead atoms. The van der Waals surface area contributed by atoms with Crippen LogP contribution in [0, 0.1) is 0 Å². The van der Waals surface area contributed by atoms with Gasteiger partial charge in [-0.3, -0.25) is 9.59 Å². The molecule has 0 aliphatic carbocycles. The van der Waals surface area contributed by atoms with E-state index in [9.17, 15) is 14.7 Å². The number of rotatable bonds is 6. The molecule has 37 heavy (non-hydrogen) atoms. The van der Waals surface area contributed by atoms with Crippen LogP contribution in [0.5, 0.6) is 11.5 Å². The fourth-order valence-electron chi connectivity index (χ4n) is 4.09. The third-order valence-corrected chi connectivity index (χ3v) is 6.35. The number of nitrogens with zero attached hydrogens (tertiary/aromatic N) is 2. The Morgan fingerprint density at radius 2 is 1.62 bits per heavy atom. The molecule has 3 aromatic carbocycles. The first kappa shape index (κ1) is 28.1. The molecule has 1 saturated heterocycles. The van der Waals surface area contributed by atoms with E-state index in [0.29, 0.717) is 17.0 Å². The Morgan fingerprint density at radius 3 is 2.30 bits per heavy atom. The van der Waals surface area contributed by atoms with Crippen molar-refractivity contribution in [2.45, 2.75) is 6.42 Å². The largest absolute Gasteiger partial charge is 0.506 e. The van der Waals surface area contributed by atoms with Crippen molar-refractivity contribution in [2.24, 2.45) is 0 Å². The Hall–Kier alpha value is -3.46. The van der Waals surface area contributed by atoms with E-state index in [-0.39, 0.29) is 34.4 Å². The van der Waals surface area contributed by atoms with Crippen molar-refractivity contribution in [2.75, 3.05) is 55.9 Å². The Bertz CT molecular complexity index is 1240. The van der Waals surface area contributed by atoms with Gasteiger partial charge < -0.3 is 30.3 Å². The lowest BCUT2D eigenvalue weighted by molar-refractivity contribution is 0.102. The summed E-state index contributed by atoms with van der Waals surface area (Å²) in [7, 11) is 3.67. The predicted molar refractivity (Wildman–Crippen MR) is 150 cm³/mol. The van der Waals surface area contributed by atoms with E-state index in [1.54, 1.807) is 43.5 Å². The minimum atomic E-state index is -0.533. The fraction of sp³-hybridized carbons (Fsp3) is 0.259. The van der Waals surface area contributed by atoms with E-state index in [2.05, 4.69) is 27.5 Å². The number of hydrogen-bond donors (Lipinski definition) is 3. The molecule has 1 heterocycles. The highest BCUT2D eigenvalue weighted by Crippen LogP contribution is 2.33. The molecular formula is C27H30Cl2N4O4. The Morgan fingerprint density at radius 1 is 0.919 bits per heavy atom. The summed E-state index contributed by atoms with van der Waals surface area (Å²) < 4.78 is 5.13. The number of amides is 2. The number of benzene rings is 3. The SMILES string of the molecule is COc1ccc(NC(=O)c2cc(Cl)cc(O)c2NC(=O)c2ccc(N3CCCN(C)CC3)cc2)cc1.Cl. The second-order valence-corrected chi connectivity index (χ2v) is 9.11. The molecule has 0 atom stereocenters. The molecule has 1 aliphatic rings. The van der Waals surface area contributed by atoms with Crippen LogP contribution < -0.4 is 20.3 Å². The monoisotopic (exact) mass is 544 g/mol. The number of anilines is 3. The van der Waals surface area contributed by atoms with Crippen LogP contribution in [0.25, 0.3) is 0 Å². The number of phenols is 1. The molecule has 196 valence electrons. The maximum absolute atomic E-state index is 13.0. The van der Waals surface area contributed by atoms with Crippen molar-refractivity contribution in [1.29, 1.82) is 0 Å². The van der Waals surface area contributed by atoms with Crippen LogP contribution in [0.3, 0.4) is 0 Å². The lowest BCUT2D eigenvalue weighted by Crippen LogP contribution is -2.28.